The van der Waals surface area contributed by atoms with E-state index in [2.05, 4.69) is 20.9 Å². The molecule has 14 heavy (non-hydrogen) atoms. The number of aliphatic carboxylic acids is 1. The summed E-state index contributed by atoms with van der Waals surface area (Å²) in [5.41, 5.74) is 0. The van der Waals surface area contributed by atoms with Gasteiger partial charge in [0.25, 0.3) is 0 Å². The predicted molar refractivity (Wildman–Crippen MR) is 62.4 cm³/mol. The van der Waals surface area contributed by atoms with E-state index in [0.717, 1.165) is 14.4 Å². The average Bonchev–Trinajstić information content (AvgIpc) is 2.70. The van der Waals surface area contributed by atoms with Gasteiger partial charge >= 0.3 is 5.97 Å². The molecule has 2 heterocycles. The maximum atomic E-state index is 10.7. The first-order valence-corrected chi connectivity index (χ1v) is 6.50. The van der Waals surface area contributed by atoms with Gasteiger partial charge in [0, 0.05) is 15.6 Å². The zero-order valence-electron chi connectivity index (χ0n) is 6.94. The Labute approximate surface area is 97.4 Å². The molecule has 1 unspecified atom stereocenters. The van der Waals surface area contributed by atoms with Crippen LogP contribution in [0.1, 0.15) is 4.88 Å². The van der Waals surface area contributed by atoms with Gasteiger partial charge in [-0.15, -0.1) is 23.1 Å². The second kappa shape index (κ2) is 4.04. The molecule has 0 spiro atoms. The smallest absolute Gasteiger partial charge is 0.329 e. The van der Waals surface area contributed by atoms with Crippen LogP contribution in [0, 0.1) is 0 Å². The molecule has 0 fully saturated rings. The standard InChI is InChI=1S/C8H6BrNO2S2/c9-4-1-6(13-2-4)7-10-5(3-14-7)8(11)12/h1-2,5H,3H2,(H,11,12). The van der Waals surface area contributed by atoms with Gasteiger partial charge in [-0.25, -0.2) is 4.79 Å². The SMILES string of the molecule is O=C(O)C1CSC(c2cc(Br)cs2)=N1. The van der Waals surface area contributed by atoms with Crippen molar-refractivity contribution in [3.8, 4) is 0 Å². The van der Waals surface area contributed by atoms with Crippen LogP contribution in [0.25, 0.3) is 0 Å². The van der Waals surface area contributed by atoms with Gasteiger partial charge in [0.1, 0.15) is 5.04 Å². The van der Waals surface area contributed by atoms with Crippen LogP contribution in [-0.4, -0.2) is 27.9 Å². The quantitative estimate of drug-likeness (QED) is 0.911. The monoisotopic (exact) mass is 291 g/mol. The zero-order valence-corrected chi connectivity index (χ0v) is 10.2. The van der Waals surface area contributed by atoms with E-state index < -0.39 is 12.0 Å². The Morgan fingerprint density at radius 3 is 3.00 bits per heavy atom. The van der Waals surface area contributed by atoms with Crippen molar-refractivity contribution in [2.24, 2.45) is 4.99 Å². The number of carboxylic acid groups (broad SMARTS) is 1. The molecule has 0 aromatic carbocycles. The minimum absolute atomic E-state index is 0.542. The minimum atomic E-state index is -0.844. The Bertz CT molecular complexity index is 402. The van der Waals surface area contributed by atoms with Crippen LogP contribution in [0.3, 0.4) is 0 Å². The van der Waals surface area contributed by atoms with E-state index in [9.17, 15) is 4.79 Å². The van der Waals surface area contributed by atoms with E-state index >= 15 is 0 Å². The van der Waals surface area contributed by atoms with Crippen molar-refractivity contribution >= 4 is 50.0 Å². The molecule has 6 heteroatoms. The maximum Gasteiger partial charge on any atom is 0.329 e. The molecule has 1 aliphatic rings. The highest BCUT2D eigenvalue weighted by molar-refractivity contribution is 9.10. The number of carbonyl (C=O) groups is 1. The number of thiophene rings is 1. The van der Waals surface area contributed by atoms with Crippen LogP contribution in [-0.2, 0) is 4.79 Å². The van der Waals surface area contributed by atoms with Crippen LogP contribution in [0.5, 0.6) is 0 Å². The molecule has 1 N–H and O–H groups in total. The number of rotatable bonds is 2. The third-order valence-corrected chi connectivity index (χ3v) is 4.62. The Kier molecular flexibility index (Phi) is 2.94. The highest BCUT2D eigenvalue weighted by atomic mass is 79.9. The van der Waals surface area contributed by atoms with Gasteiger partial charge in [0.2, 0.25) is 0 Å². The summed E-state index contributed by atoms with van der Waals surface area (Å²) in [5, 5.41) is 11.6. The lowest BCUT2D eigenvalue weighted by Gasteiger charge is -1.93. The summed E-state index contributed by atoms with van der Waals surface area (Å²) in [7, 11) is 0. The summed E-state index contributed by atoms with van der Waals surface area (Å²) >= 11 is 6.43. The highest BCUT2D eigenvalue weighted by Gasteiger charge is 2.25. The molecule has 0 saturated carbocycles. The number of carboxylic acids is 1. The first kappa shape index (κ1) is 10.2. The van der Waals surface area contributed by atoms with E-state index in [1.54, 1.807) is 11.3 Å². The molecule has 1 aliphatic heterocycles. The van der Waals surface area contributed by atoms with E-state index in [0.29, 0.717) is 5.75 Å². The molecule has 1 atom stereocenters. The van der Waals surface area contributed by atoms with Crippen molar-refractivity contribution in [2.45, 2.75) is 6.04 Å². The second-order valence-electron chi connectivity index (χ2n) is 2.73. The molecule has 3 nitrogen and oxygen atoms in total. The number of nitrogens with zero attached hydrogens (tertiary/aromatic N) is 1. The minimum Gasteiger partial charge on any atom is -0.480 e. The molecular weight excluding hydrogens is 286 g/mol. The normalized spacial score (nSPS) is 20.9. The summed E-state index contributed by atoms with van der Waals surface area (Å²) < 4.78 is 1.01. The molecule has 1 aromatic rings. The molecule has 74 valence electrons. The molecule has 0 radical (unpaired) electrons. The molecule has 0 amide bonds. The number of hydrogen-bond donors (Lipinski definition) is 1. The molecular formula is C8H6BrNO2S2. The van der Waals surface area contributed by atoms with Gasteiger partial charge in [-0.3, -0.25) is 4.99 Å². The molecule has 0 aliphatic carbocycles. The number of halogens is 1. The zero-order chi connectivity index (χ0) is 10.1. The maximum absolute atomic E-state index is 10.7. The Morgan fingerprint density at radius 2 is 2.50 bits per heavy atom. The molecule has 0 saturated heterocycles. The summed E-state index contributed by atoms with van der Waals surface area (Å²) in [6.45, 7) is 0. The number of hydrogen-bond acceptors (Lipinski definition) is 4. The first-order valence-electron chi connectivity index (χ1n) is 3.84. The number of aliphatic imine (C=N–C) groups is 1. The van der Waals surface area contributed by atoms with E-state index in [4.69, 9.17) is 5.11 Å². The fourth-order valence-corrected chi connectivity index (χ4v) is 3.63. The van der Waals surface area contributed by atoms with Crippen molar-refractivity contribution in [3.05, 3.63) is 20.8 Å². The lowest BCUT2D eigenvalue weighted by molar-refractivity contribution is -0.137. The molecule has 2 rings (SSSR count). The van der Waals surface area contributed by atoms with Gasteiger partial charge in [0.05, 0.1) is 4.88 Å². The van der Waals surface area contributed by atoms with Gasteiger partial charge in [0.15, 0.2) is 6.04 Å². The van der Waals surface area contributed by atoms with Crippen molar-refractivity contribution in [1.29, 1.82) is 0 Å². The summed E-state index contributed by atoms with van der Waals surface area (Å²) in [4.78, 5) is 15.8. The summed E-state index contributed by atoms with van der Waals surface area (Å²) in [6, 6.07) is 1.39. The molecule has 1 aromatic heterocycles. The van der Waals surface area contributed by atoms with Crippen molar-refractivity contribution < 1.29 is 9.90 Å². The fraction of sp³-hybridized carbons (Fsp3) is 0.250. The van der Waals surface area contributed by atoms with E-state index in [1.807, 2.05) is 11.4 Å². The molecule has 0 bridgehead atoms. The lowest BCUT2D eigenvalue weighted by atomic mass is 10.4. The van der Waals surface area contributed by atoms with Crippen LogP contribution in [0.2, 0.25) is 0 Å². The van der Waals surface area contributed by atoms with Crippen LogP contribution < -0.4 is 0 Å². The topological polar surface area (TPSA) is 49.7 Å². The second-order valence-corrected chi connectivity index (χ2v) is 5.56. The van der Waals surface area contributed by atoms with E-state index in [-0.39, 0.29) is 0 Å². The van der Waals surface area contributed by atoms with E-state index in [1.165, 1.54) is 11.8 Å². The van der Waals surface area contributed by atoms with Crippen molar-refractivity contribution in [2.75, 3.05) is 5.75 Å². The van der Waals surface area contributed by atoms with Crippen LogP contribution in [0.15, 0.2) is 20.9 Å². The highest BCUT2D eigenvalue weighted by Crippen LogP contribution is 2.29. The third-order valence-electron chi connectivity index (χ3n) is 1.71. The van der Waals surface area contributed by atoms with Crippen LogP contribution in [0.4, 0.5) is 0 Å². The Balaban J connectivity index is 2.21. The number of thioether (sulfide) groups is 1. The van der Waals surface area contributed by atoms with Gasteiger partial charge in [-0.2, -0.15) is 0 Å². The summed E-state index contributed by atoms with van der Waals surface area (Å²) in [5.74, 6) is -0.302. The van der Waals surface area contributed by atoms with Crippen molar-refractivity contribution in [3.63, 3.8) is 0 Å². The third kappa shape index (κ3) is 2.02. The summed E-state index contributed by atoms with van der Waals surface area (Å²) in [6.07, 6.45) is 0. The predicted octanol–water partition coefficient (Wildman–Crippen LogP) is 2.46. The van der Waals surface area contributed by atoms with Gasteiger partial charge in [-0.05, 0) is 22.0 Å². The Morgan fingerprint density at radius 1 is 1.71 bits per heavy atom. The largest absolute Gasteiger partial charge is 0.480 e. The average molecular weight is 292 g/mol. The lowest BCUT2D eigenvalue weighted by Crippen LogP contribution is -2.17. The van der Waals surface area contributed by atoms with Gasteiger partial charge < -0.3 is 5.11 Å². The van der Waals surface area contributed by atoms with Crippen molar-refractivity contribution in [1.82, 2.24) is 0 Å². The van der Waals surface area contributed by atoms with Crippen LogP contribution >= 0.6 is 39.0 Å². The Hall–Kier alpha value is -0.330. The fourth-order valence-electron chi connectivity index (χ4n) is 1.06. The van der Waals surface area contributed by atoms with Gasteiger partial charge in [-0.1, -0.05) is 0 Å². The first-order chi connectivity index (χ1) is 6.66.